The maximum Gasteiger partial charge on any atom is 0.256 e. The van der Waals surface area contributed by atoms with Crippen molar-refractivity contribution >= 4 is 34.9 Å². The van der Waals surface area contributed by atoms with Gasteiger partial charge in [0.15, 0.2) is 5.82 Å². The van der Waals surface area contributed by atoms with Crippen LogP contribution in [0, 0.1) is 6.92 Å². The number of hydrogen-bond acceptors (Lipinski definition) is 3. The summed E-state index contributed by atoms with van der Waals surface area (Å²) < 4.78 is 7.55. The monoisotopic (exact) mass is 465 g/mol. The Morgan fingerprint density at radius 2 is 1.81 bits per heavy atom. The Hall–Kier alpha value is -3.28. The number of nitrogens with one attached hydrogen (secondary N) is 1. The second kappa shape index (κ2) is 9.90. The smallest absolute Gasteiger partial charge is 0.256 e. The molecule has 1 N–H and O–H groups in total. The highest BCUT2D eigenvalue weighted by molar-refractivity contribution is 6.32. The Labute approximate surface area is 196 Å². The Bertz CT molecular complexity index is 1240. The number of hydrogen-bond donors (Lipinski definition) is 1. The fraction of sp³-hybridized carbons (Fsp3) is 0.120. The molecule has 1 amide bonds. The van der Waals surface area contributed by atoms with Gasteiger partial charge >= 0.3 is 0 Å². The summed E-state index contributed by atoms with van der Waals surface area (Å²) in [5, 5.41) is 8.48. The van der Waals surface area contributed by atoms with Gasteiger partial charge in [-0.05, 0) is 60.0 Å². The van der Waals surface area contributed by atoms with E-state index in [1.165, 1.54) is 0 Å². The number of ether oxygens (including phenoxy) is 1. The van der Waals surface area contributed by atoms with Crippen LogP contribution in [0.15, 0.2) is 79.0 Å². The molecule has 0 radical (unpaired) electrons. The van der Waals surface area contributed by atoms with Crippen molar-refractivity contribution in [3.63, 3.8) is 0 Å². The van der Waals surface area contributed by atoms with Crippen molar-refractivity contribution in [3.8, 4) is 5.75 Å². The number of halogens is 2. The maximum atomic E-state index is 12.6. The summed E-state index contributed by atoms with van der Waals surface area (Å²) in [6, 6.07) is 22.2. The second-order valence-corrected chi connectivity index (χ2v) is 8.25. The van der Waals surface area contributed by atoms with Gasteiger partial charge in [-0.15, -0.1) is 0 Å². The number of aromatic nitrogens is 2. The molecular formula is C25H21Cl2N3O2. The zero-order valence-corrected chi connectivity index (χ0v) is 18.9. The number of benzene rings is 3. The molecule has 3 aromatic carbocycles. The molecule has 4 rings (SSSR count). The standard InChI is InChI=1S/C25H21Cl2N3O2/c1-17-5-10-22(27)23(13-17)32-16-18-6-8-20(9-7-18)25(31)28-24-11-12-30(29-24)15-19-3-2-4-21(26)14-19/h2-14H,15-16H2,1H3,(H,28,29,31). The number of nitrogens with zero attached hydrogens (tertiary/aromatic N) is 2. The Kier molecular flexibility index (Phi) is 6.78. The third-order valence-electron chi connectivity index (χ3n) is 4.81. The van der Waals surface area contributed by atoms with Crippen molar-refractivity contribution in [1.82, 2.24) is 9.78 Å². The van der Waals surface area contributed by atoms with Crippen LogP contribution >= 0.6 is 23.2 Å². The maximum absolute atomic E-state index is 12.6. The Morgan fingerprint density at radius 1 is 1.00 bits per heavy atom. The molecule has 0 saturated heterocycles. The molecule has 0 saturated carbocycles. The van der Waals surface area contributed by atoms with E-state index in [1.807, 2.05) is 67.7 Å². The van der Waals surface area contributed by atoms with Gasteiger partial charge in [-0.2, -0.15) is 5.10 Å². The molecule has 7 heteroatoms. The lowest BCUT2D eigenvalue weighted by Crippen LogP contribution is -2.13. The summed E-state index contributed by atoms with van der Waals surface area (Å²) in [6.45, 7) is 2.91. The van der Waals surface area contributed by atoms with Crippen LogP contribution in [0.5, 0.6) is 5.75 Å². The van der Waals surface area contributed by atoms with Crippen LogP contribution in [-0.2, 0) is 13.2 Å². The SMILES string of the molecule is Cc1ccc(Cl)c(OCc2ccc(C(=O)Nc3ccn(Cc4cccc(Cl)c4)n3)cc2)c1. The van der Waals surface area contributed by atoms with E-state index in [0.717, 1.165) is 16.7 Å². The van der Waals surface area contributed by atoms with E-state index in [2.05, 4.69) is 10.4 Å². The van der Waals surface area contributed by atoms with Gasteiger partial charge in [-0.25, -0.2) is 0 Å². The van der Waals surface area contributed by atoms with Gasteiger partial charge in [0.1, 0.15) is 12.4 Å². The van der Waals surface area contributed by atoms with Crippen LogP contribution in [0.4, 0.5) is 5.82 Å². The Morgan fingerprint density at radius 3 is 2.59 bits per heavy atom. The first-order valence-corrected chi connectivity index (χ1v) is 10.8. The van der Waals surface area contributed by atoms with Crippen molar-refractivity contribution in [2.24, 2.45) is 0 Å². The summed E-state index contributed by atoms with van der Waals surface area (Å²) in [5.74, 6) is 0.896. The predicted molar refractivity (Wildman–Crippen MR) is 128 cm³/mol. The lowest BCUT2D eigenvalue weighted by atomic mass is 10.1. The third kappa shape index (κ3) is 5.69. The summed E-state index contributed by atoms with van der Waals surface area (Å²) in [6.07, 6.45) is 1.81. The molecule has 0 fully saturated rings. The molecule has 5 nitrogen and oxygen atoms in total. The van der Waals surface area contributed by atoms with Crippen molar-refractivity contribution in [2.45, 2.75) is 20.1 Å². The number of rotatable bonds is 7. The molecule has 4 aromatic rings. The molecule has 0 aliphatic heterocycles. The first-order chi connectivity index (χ1) is 15.5. The van der Waals surface area contributed by atoms with Crippen LogP contribution in [0.2, 0.25) is 10.0 Å². The van der Waals surface area contributed by atoms with Gasteiger partial charge in [-0.3, -0.25) is 9.48 Å². The predicted octanol–water partition coefficient (Wildman–Crippen LogP) is 6.38. The minimum absolute atomic E-state index is 0.229. The van der Waals surface area contributed by atoms with Gasteiger partial charge in [0.25, 0.3) is 5.91 Å². The third-order valence-corrected chi connectivity index (χ3v) is 5.36. The lowest BCUT2D eigenvalue weighted by molar-refractivity contribution is 0.102. The highest BCUT2D eigenvalue weighted by Gasteiger charge is 2.09. The lowest BCUT2D eigenvalue weighted by Gasteiger charge is -2.09. The average molecular weight is 466 g/mol. The summed E-state index contributed by atoms with van der Waals surface area (Å²) in [7, 11) is 0. The Balaban J connectivity index is 1.34. The number of carbonyl (C=O) groups excluding carboxylic acids is 1. The normalized spacial score (nSPS) is 10.7. The van der Waals surface area contributed by atoms with Crippen LogP contribution in [0.25, 0.3) is 0 Å². The van der Waals surface area contributed by atoms with Gasteiger partial charge in [0.05, 0.1) is 11.6 Å². The van der Waals surface area contributed by atoms with Crippen LogP contribution in [0.3, 0.4) is 0 Å². The largest absolute Gasteiger partial charge is 0.487 e. The van der Waals surface area contributed by atoms with Gasteiger partial charge < -0.3 is 10.1 Å². The molecular weight excluding hydrogens is 445 g/mol. The molecule has 0 unspecified atom stereocenters. The molecule has 0 aliphatic rings. The molecule has 0 aliphatic carbocycles. The molecule has 0 bridgehead atoms. The number of anilines is 1. The highest BCUT2D eigenvalue weighted by Crippen LogP contribution is 2.26. The van der Waals surface area contributed by atoms with Gasteiger partial charge in [-0.1, -0.05) is 53.5 Å². The van der Waals surface area contributed by atoms with Crippen molar-refractivity contribution in [2.75, 3.05) is 5.32 Å². The quantitative estimate of drug-likeness (QED) is 0.344. The fourth-order valence-corrected chi connectivity index (χ4v) is 3.55. The van der Waals surface area contributed by atoms with Crippen molar-refractivity contribution < 1.29 is 9.53 Å². The second-order valence-electron chi connectivity index (χ2n) is 7.40. The van der Waals surface area contributed by atoms with Crippen LogP contribution < -0.4 is 10.1 Å². The minimum Gasteiger partial charge on any atom is -0.487 e. The summed E-state index contributed by atoms with van der Waals surface area (Å²) in [5.41, 5.74) is 3.58. The number of amides is 1. The zero-order valence-electron chi connectivity index (χ0n) is 17.4. The number of carbonyl (C=O) groups is 1. The first-order valence-electron chi connectivity index (χ1n) is 10.0. The number of aryl methyl sites for hydroxylation is 1. The molecule has 1 aromatic heterocycles. The van der Waals surface area contributed by atoms with E-state index >= 15 is 0 Å². The molecule has 0 spiro atoms. The van der Waals surface area contributed by atoms with E-state index in [-0.39, 0.29) is 5.91 Å². The highest BCUT2D eigenvalue weighted by atomic mass is 35.5. The minimum atomic E-state index is -0.229. The molecule has 162 valence electrons. The van der Waals surface area contributed by atoms with Crippen molar-refractivity contribution in [1.29, 1.82) is 0 Å². The topological polar surface area (TPSA) is 56.1 Å². The zero-order chi connectivity index (χ0) is 22.5. The van der Waals surface area contributed by atoms with E-state index < -0.39 is 0 Å². The molecule has 0 atom stereocenters. The van der Waals surface area contributed by atoms with Crippen LogP contribution in [-0.4, -0.2) is 15.7 Å². The molecule has 32 heavy (non-hydrogen) atoms. The van der Waals surface area contributed by atoms with Gasteiger partial charge in [0, 0.05) is 22.8 Å². The van der Waals surface area contributed by atoms with Crippen molar-refractivity contribution in [3.05, 3.63) is 111 Å². The van der Waals surface area contributed by atoms with E-state index in [0.29, 0.717) is 40.3 Å². The average Bonchev–Trinajstić information content (AvgIpc) is 3.21. The fourth-order valence-electron chi connectivity index (χ4n) is 3.16. The van der Waals surface area contributed by atoms with Crippen LogP contribution in [0.1, 0.15) is 27.0 Å². The van der Waals surface area contributed by atoms with E-state index in [4.69, 9.17) is 27.9 Å². The first kappa shape index (κ1) is 21.9. The summed E-state index contributed by atoms with van der Waals surface area (Å²) >= 11 is 12.2. The summed E-state index contributed by atoms with van der Waals surface area (Å²) in [4.78, 5) is 12.6. The van der Waals surface area contributed by atoms with Gasteiger partial charge in [0.2, 0.25) is 0 Å². The van der Waals surface area contributed by atoms with E-state index in [9.17, 15) is 4.79 Å². The molecule has 1 heterocycles. The van der Waals surface area contributed by atoms with E-state index in [1.54, 1.807) is 22.9 Å².